The van der Waals surface area contributed by atoms with Crippen molar-refractivity contribution in [1.82, 2.24) is 5.32 Å². The summed E-state index contributed by atoms with van der Waals surface area (Å²) in [5, 5.41) is 11.5. The molecule has 0 heterocycles. The Morgan fingerprint density at radius 1 is 1.19 bits per heavy atom. The molecule has 0 aromatic heterocycles. The minimum atomic E-state index is -1.00. The van der Waals surface area contributed by atoms with E-state index in [2.05, 4.69) is 5.32 Å². The largest absolute Gasteiger partial charge is 0.482 e. The quantitative estimate of drug-likeness (QED) is 0.668. The van der Waals surface area contributed by atoms with Crippen LogP contribution < -0.4 is 10.1 Å². The van der Waals surface area contributed by atoms with Gasteiger partial charge in [-0.3, -0.25) is 4.79 Å². The van der Waals surface area contributed by atoms with Gasteiger partial charge in [0.2, 0.25) is 5.91 Å². The van der Waals surface area contributed by atoms with Gasteiger partial charge < -0.3 is 19.9 Å². The number of hydrogen-bond acceptors (Lipinski definition) is 4. The first kappa shape index (κ1) is 20.2. The van der Waals surface area contributed by atoms with Gasteiger partial charge in [-0.25, -0.2) is 4.79 Å². The molecule has 26 heavy (non-hydrogen) atoms. The van der Waals surface area contributed by atoms with Crippen molar-refractivity contribution in [3.63, 3.8) is 0 Å². The highest BCUT2D eigenvalue weighted by molar-refractivity contribution is 5.80. The molecule has 0 saturated heterocycles. The lowest BCUT2D eigenvalue weighted by Gasteiger charge is -2.26. The number of carboxylic acid groups (broad SMARTS) is 1. The fourth-order valence-electron chi connectivity index (χ4n) is 3.12. The third-order valence-corrected chi connectivity index (χ3v) is 4.57. The highest BCUT2D eigenvalue weighted by Gasteiger charge is 2.23. The molecule has 0 radical (unpaired) electrons. The van der Waals surface area contributed by atoms with Crippen LogP contribution in [-0.2, 0) is 20.7 Å². The number of carbonyl (C=O) groups excluding carboxylic acids is 1. The van der Waals surface area contributed by atoms with E-state index < -0.39 is 5.97 Å². The van der Waals surface area contributed by atoms with E-state index in [1.165, 1.54) is 19.3 Å². The van der Waals surface area contributed by atoms with E-state index in [0.717, 1.165) is 18.4 Å². The van der Waals surface area contributed by atoms with Crippen LogP contribution in [0.25, 0.3) is 0 Å². The van der Waals surface area contributed by atoms with Crippen LogP contribution in [0, 0.1) is 0 Å². The molecule has 1 amide bonds. The minimum Gasteiger partial charge on any atom is -0.482 e. The molecule has 1 fully saturated rings. The summed E-state index contributed by atoms with van der Waals surface area (Å²) < 4.78 is 11.1. The first-order valence-electron chi connectivity index (χ1n) is 9.45. The molecule has 1 atom stereocenters. The lowest BCUT2D eigenvalue weighted by molar-refractivity contribution is -0.139. The summed E-state index contributed by atoms with van der Waals surface area (Å²) in [6.45, 7) is 2.16. The Bertz CT molecular complexity index is 566. The Labute approximate surface area is 154 Å². The molecule has 1 saturated carbocycles. The third kappa shape index (κ3) is 7.04. The number of carbonyl (C=O) groups is 2. The Hall–Kier alpha value is -2.08. The standard InChI is InChI=1S/C20H29NO5/c1-2-18(26-17-6-4-3-5-7-17)20(24)21-13-12-15-8-10-16(11-9-15)25-14-19(22)23/h8-11,17-18H,2-7,12-14H2,1H3,(H,21,24)(H,22,23). The monoisotopic (exact) mass is 363 g/mol. The van der Waals surface area contributed by atoms with Gasteiger partial charge in [-0.15, -0.1) is 0 Å². The summed E-state index contributed by atoms with van der Waals surface area (Å²) in [4.78, 5) is 22.8. The van der Waals surface area contributed by atoms with Crippen LogP contribution in [0.15, 0.2) is 24.3 Å². The number of carboxylic acids is 1. The Morgan fingerprint density at radius 3 is 2.50 bits per heavy atom. The molecule has 0 spiro atoms. The molecule has 0 aliphatic heterocycles. The van der Waals surface area contributed by atoms with Crippen molar-refractivity contribution in [2.45, 2.75) is 64.1 Å². The second-order valence-corrected chi connectivity index (χ2v) is 6.66. The number of ether oxygens (including phenoxy) is 2. The maximum atomic E-state index is 12.3. The van der Waals surface area contributed by atoms with Gasteiger partial charge in [0.15, 0.2) is 6.61 Å². The van der Waals surface area contributed by atoms with Gasteiger partial charge in [0.05, 0.1) is 6.10 Å². The number of rotatable bonds is 10. The molecule has 6 nitrogen and oxygen atoms in total. The fraction of sp³-hybridized carbons (Fsp3) is 0.600. The first-order chi connectivity index (χ1) is 12.6. The fourth-order valence-corrected chi connectivity index (χ4v) is 3.12. The SMILES string of the molecule is CCC(OC1CCCCC1)C(=O)NCCc1ccc(OCC(=O)O)cc1. The van der Waals surface area contributed by atoms with Gasteiger partial charge in [-0.1, -0.05) is 38.3 Å². The van der Waals surface area contributed by atoms with E-state index in [-0.39, 0.29) is 24.7 Å². The van der Waals surface area contributed by atoms with Crippen LogP contribution >= 0.6 is 0 Å². The van der Waals surface area contributed by atoms with Crippen molar-refractivity contribution in [1.29, 1.82) is 0 Å². The molecule has 6 heteroatoms. The van der Waals surface area contributed by atoms with Crippen molar-refractivity contribution >= 4 is 11.9 Å². The Balaban J connectivity index is 1.71. The summed E-state index contributed by atoms with van der Waals surface area (Å²) >= 11 is 0. The summed E-state index contributed by atoms with van der Waals surface area (Å²) in [6, 6.07) is 7.22. The number of hydrogen-bond donors (Lipinski definition) is 2. The summed E-state index contributed by atoms with van der Waals surface area (Å²) in [5.41, 5.74) is 1.05. The van der Waals surface area contributed by atoms with Crippen LogP contribution in [0.3, 0.4) is 0 Å². The zero-order valence-electron chi connectivity index (χ0n) is 15.4. The highest BCUT2D eigenvalue weighted by Crippen LogP contribution is 2.22. The van der Waals surface area contributed by atoms with E-state index in [1.807, 2.05) is 19.1 Å². The molecule has 1 aromatic carbocycles. The molecular formula is C20H29NO5. The molecule has 1 aliphatic rings. The van der Waals surface area contributed by atoms with Gasteiger partial charge >= 0.3 is 5.97 Å². The molecule has 2 rings (SSSR count). The van der Waals surface area contributed by atoms with E-state index in [1.54, 1.807) is 12.1 Å². The molecule has 1 aliphatic carbocycles. The van der Waals surface area contributed by atoms with Gasteiger partial charge in [0, 0.05) is 6.54 Å². The van der Waals surface area contributed by atoms with E-state index in [9.17, 15) is 9.59 Å². The predicted octanol–water partition coefficient (Wildman–Crippen LogP) is 2.94. The number of nitrogens with one attached hydrogen (secondary N) is 1. The maximum Gasteiger partial charge on any atom is 0.341 e. The Kier molecular flexibility index (Phi) is 8.41. The second-order valence-electron chi connectivity index (χ2n) is 6.66. The smallest absolute Gasteiger partial charge is 0.341 e. The van der Waals surface area contributed by atoms with Crippen molar-refractivity contribution in [3.05, 3.63) is 29.8 Å². The third-order valence-electron chi connectivity index (χ3n) is 4.57. The second kappa shape index (κ2) is 10.8. The van der Waals surface area contributed by atoms with Gasteiger partial charge in [-0.2, -0.15) is 0 Å². The molecule has 2 N–H and O–H groups in total. The van der Waals surface area contributed by atoms with Crippen LogP contribution in [0.5, 0.6) is 5.75 Å². The average Bonchev–Trinajstić information content (AvgIpc) is 2.66. The average molecular weight is 363 g/mol. The summed E-state index contributed by atoms with van der Waals surface area (Å²) in [6.07, 6.45) is 6.98. The van der Waals surface area contributed by atoms with Crippen molar-refractivity contribution < 1.29 is 24.2 Å². The zero-order chi connectivity index (χ0) is 18.8. The van der Waals surface area contributed by atoms with Crippen LogP contribution in [-0.4, -0.2) is 42.3 Å². The topological polar surface area (TPSA) is 84.9 Å². The predicted molar refractivity (Wildman–Crippen MR) is 98.3 cm³/mol. The summed E-state index contributed by atoms with van der Waals surface area (Å²) in [7, 11) is 0. The highest BCUT2D eigenvalue weighted by atomic mass is 16.5. The molecule has 144 valence electrons. The zero-order valence-corrected chi connectivity index (χ0v) is 15.4. The summed E-state index contributed by atoms with van der Waals surface area (Å²) in [5.74, 6) is -0.524. The first-order valence-corrected chi connectivity index (χ1v) is 9.45. The van der Waals surface area contributed by atoms with Crippen molar-refractivity contribution in [3.8, 4) is 5.75 Å². The molecule has 1 aromatic rings. The minimum absolute atomic E-state index is 0.0421. The van der Waals surface area contributed by atoms with Gasteiger partial charge in [0.25, 0.3) is 0 Å². The van der Waals surface area contributed by atoms with Gasteiger partial charge in [0.1, 0.15) is 11.9 Å². The van der Waals surface area contributed by atoms with E-state index in [4.69, 9.17) is 14.6 Å². The van der Waals surface area contributed by atoms with Crippen LogP contribution in [0.2, 0.25) is 0 Å². The molecular weight excluding hydrogens is 334 g/mol. The van der Waals surface area contributed by atoms with Gasteiger partial charge in [-0.05, 0) is 43.4 Å². The van der Waals surface area contributed by atoms with Crippen molar-refractivity contribution in [2.75, 3.05) is 13.2 Å². The lowest BCUT2D eigenvalue weighted by Crippen LogP contribution is -2.39. The van der Waals surface area contributed by atoms with Crippen LogP contribution in [0.4, 0.5) is 0 Å². The van der Waals surface area contributed by atoms with Crippen LogP contribution in [0.1, 0.15) is 51.0 Å². The normalized spacial score (nSPS) is 16.0. The van der Waals surface area contributed by atoms with E-state index in [0.29, 0.717) is 25.1 Å². The van der Waals surface area contributed by atoms with E-state index >= 15 is 0 Å². The van der Waals surface area contributed by atoms with Crippen molar-refractivity contribution in [2.24, 2.45) is 0 Å². The Morgan fingerprint density at radius 2 is 1.88 bits per heavy atom. The maximum absolute atomic E-state index is 12.3. The number of benzene rings is 1. The molecule has 0 bridgehead atoms. The number of aliphatic carboxylic acids is 1. The number of amides is 1. The molecule has 1 unspecified atom stereocenters. The lowest BCUT2D eigenvalue weighted by atomic mass is 9.97.